The van der Waals surface area contributed by atoms with Gasteiger partial charge in [0.05, 0.1) is 13.5 Å². The van der Waals surface area contributed by atoms with Gasteiger partial charge < -0.3 is 10.1 Å². The highest BCUT2D eigenvalue weighted by Crippen LogP contribution is 2.34. The lowest BCUT2D eigenvalue weighted by Gasteiger charge is -2.20. The van der Waals surface area contributed by atoms with E-state index in [9.17, 15) is 4.79 Å². The minimum Gasteiger partial charge on any atom is -0.469 e. The van der Waals surface area contributed by atoms with Crippen molar-refractivity contribution in [2.75, 3.05) is 7.11 Å². The predicted molar refractivity (Wildman–Crippen MR) is 82.8 cm³/mol. The highest BCUT2D eigenvalue weighted by molar-refractivity contribution is 7.12. The van der Waals surface area contributed by atoms with Crippen LogP contribution in [0.1, 0.15) is 42.9 Å². The Morgan fingerprint density at radius 1 is 1.40 bits per heavy atom. The molecule has 0 aromatic carbocycles. The van der Waals surface area contributed by atoms with E-state index < -0.39 is 0 Å². The van der Waals surface area contributed by atoms with E-state index in [0.717, 1.165) is 23.3 Å². The number of hydrogen-bond donors (Lipinski definition) is 1. The average Bonchev–Trinajstić information content (AvgIpc) is 3.03. The van der Waals surface area contributed by atoms with E-state index >= 15 is 0 Å². The number of thiophene rings is 1. The van der Waals surface area contributed by atoms with Gasteiger partial charge in [0.1, 0.15) is 0 Å². The van der Waals surface area contributed by atoms with Crippen LogP contribution < -0.4 is 5.32 Å². The Morgan fingerprint density at radius 3 is 2.80 bits per heavy atom. The maximum atomic E-state index is 11.2. The lowest BCUT2D eigenvalue weighted by atomic mass is 9.93. The smallest absolute Gasteiger partial charge is 0.310 e. The van der Waals surface area contributed by atoms with Crippen molar-refractivity contribution in [3.05, 3.63) is 21.9 Å². The highest BCUT2D eigenvalue weighted by atomic mass is 32.1. The maximum absolute atomic E-state index is 11.2. The van der Waals surface area contributed by atoms with Gasteiger partial charge in [-0.05, 0) is 36.8 Å². The van der Waals surface area contributed by atoms with E-state index in [0.29, 0.717) is 12.5 Å². The van der Waals surface area contributed by atoms with Crippen LogP contribution in [0.4, 0.5) is 0 Å². The standard InChI is InChI=1S/C16H25NO2S/c1-4-12-5-8-15(11(12)2)17-10-14-7-6-13(20-14)9-16(18)19-3/h6-7,11-12,15,17H,4-5,8-10H2,1-3H3. The van der Waals surface area contributed by atoms with E-state index in [4.69, 9.17) is 4.74 Å². The molecule has 1 N–H and O–H groups in total. The largest absolute Gasteiger partial charge is 0.469 e. The summed E-state index contributed by atoms with van der Waals surface area (Å²) >= 11 is 1.70. The molecule has 1 aromatic rings. The van der Waals surface area contributed by atoms with E-state index in [-0.39, 0.29) is 5.97 Å². The molecule has 1 fully saturated rings. The molecule has 3 nitrogen and oxygen atoms in total. The number of carbonyl (C=O) groups is 1. The Hall–Kier alpha value is -0.870. The van der Waals surface area contributed by atoms with Crippen molar-refractivity contribution >= 4 is 17.3 Å². The van der Waals surface area contributed by atoms with Crippen molar-refractivity contribution in [1.29, 1.82) is 0 Å². The molecule has 2 rings (SSSR count). The molecule has 1 aromatic heterocycles. The van der Waals surface area contributed by atoms with Gasteiger partial charge in [0.15, 0.2) is 0 Å². The second-order valence-corrected chi connectivity index (χ2v) is 6.97. The Bertz CT molecular complexity index is 443. The zero-order valence-corrected chi connectivity index (χ0v) is 13.5. The zero-order chi connectivity index (χ0) is 14.5. The molecule has 0 bridgehead atoms. The van der Waals surface area contributed by atoms with Gasteiger partial charge in [-0.25, -0.2) is 0 Å². The summed E-state index contributed by atoms with van der Waals surface area (Å²) < 4.78 is 4.69. The second-order valence-electron chi connectivity index (χ2n) is 5.71. The first-order chi connectivity index (χ1) is 9.63. The summed E-state index contributed by atoms with van der Waals surface area (Å²) in [5, 5.41) is 3.69. The number of nitrogens with one attached hydrogen (secondary N) is 1. The van der Waals surface area contributed by atoms with Gasteiger partial charge in [0, 0.05) is 22.3 Å². The van der Waals surface area contributed by atoms with Crippen LogP contribution in [-0.2, 0) is 22.5 Å². The summed E-state index contributed by atoms with van der Waals surface area (Å²) in [5.74, 6) is 1.49. The number of methoxy groups -OCH3 is 1. The fourth-order valence-corrected chi connectivity index (χ4v) is 4.12. The molecule has 1 saturated carbocycles. The third-order valence-electron chi connectivity index (χ3n) is 4.55. The van der Waals surface area contributed by atoms with Crippen LogP contribution >= 0.6 is 11.3 Å². The topological polar surface area (TPSA) is 38.3 Å². The van der Waals surface area contributed by atoms with E-state index in [1.807, 2.05) is 6.07 Å². The summed E-state index contributed by atoms with van der Waals surface area (Å²) in [7, 11) is 1.43. The van der Waals surface area contributed by atoms with Crippen molar-refractivity contribution in [1.82, 2.24) is 5.32 Å². The fraction of sp³-hybridized carbons (Fsp3) is 0.688. The highest BCUT2D eigenvalue weighted by Gasteiger charge is 2.30. The summed E-state index contributed by atoms with van der Waals surface area (Å²) in [6.45, 7) is 5.58. The summed E-state index contributed by atoms with van der Waals surface area (Å²) in [6.07, 6.45) is 4.33. The molecule has 0 saturated heterocycles. The molecule has 1 aliphatic rings. The van der Waals surface area contributed by atoms with Gasteiger partial charge in [-0.2, -0.15) is 0 Å². The van der Waals surface area contributed by atoms with Gasteiger partial charge >= 0.3 is 5.97 Å². The Labute approximate surface area is 125 Å². The predicted octanol–water partition coefficient (Wildman–Crippen LogP) is 3.38. The minimum absolute atomic E-state index is 0.165. The van der Waals surface area contributed by atoms with Crippen molar-refractivity contribution in [2.24, 2.45) is 11.8 Å². The van der Waals surface area contributed by atoms with E-state index in [1.165, 1.54) is 31.2 Å². The summed E-state index contributed by atoms with van der Waals surface area (Å²) in [5.41, 5.74) is 0. The lowest BCUT2D eigenvalue weighted by Crippen LogP contribution is -2.31. The summed E-state index contributed by atoms with van der Waals surface area (Å²) in [4.78, 5) is 13.6. The maximum Gasteiger partial charge on any atom is 0.310 e. The first-order valence-corrected chi connectivity index (χ1v) is 8.33. The molecule has 112 valence electrons. The van der Waals surface area contributed by atoms with Crippen LogP contribution in [0.15, 0.2) is 12.1 Å². The van der Waals surface area contributed by atoms with Crippen molar-refractivity contribution in [3.63, 3.8) is 0 Å². The first-order valence-electron chi connectivity index (χ1n) is 7.51. The van der Waals surface area contributed by atoms with Crippen LogP contribution in [0, 0.1) is 11.8 Å². The molecule has 3 atom stereocenters. The Kier molecular flexibility index (Phi) is 5.61. The molecule has 1 aliphatic carbocycles. The molecular weight excluding hydrogens is 270 g/mol. The van der Waals surface area contributed by atoms with Gasteiger partial charge in [0.2, 0.25) is 0 Å². The zero-order valence-electron chi connectivity index (χ0n) is 12.6. The molecule has 1 heterocycles. The average molecular weight is 295 g/mol. The molecule has 3 unspecified atom stereocenters. The van der Waals surface area contributed by atoms with Gasteiger partial charge in [0.25, 0.3) is 0 Å². The second kappa shape index (κ2) is 7.23. The summed E-state index contributed by atoms with van der Waals surface area (Å²) in [6, 6.07) is 4.80. The lowest BCUT2D eigenvalue weighted by molar-refractivity contribution is -0.139. The number of hydrogen-bond acceptors (Lipinski definition) is 4. The molecule has 0 amide bonds. The van der Waals surface area contributed by atoms with Crippen molar-refractivity contribution in [2.45, 2.75) is 52.1 Å². The Balaban J connectivity index is 1.81. The number of rotatable bonds is 6. The van der Waals surface area contributed by atoms with Gasteiger partial charge in [-0.3, -0.25) is 4.79 Å². The molecular formula is C16H25NO2S. The molecule has 20 heavy (non-hydrogen) atoms. The molecule has 0 aliphatic heterocycles. The molecule has 4 heteroatoms. The van der Waals surface area contributed by atoms with Crippen LogP contribution in [0.5, 0.6) is 0 Å². The third-order valence-corrected chi connectivity index (χ3v) is 5.64. The third kappa shape index (κ3) is 3.83. The van der Waals surface area contributed by atoms with Crippen LogP contribution in [-0.4, -0.2) is 19.1 Å². The molecule has 0 radical (unpaired) electrons. The van der Waals surface area contributed by atoms with E-state index in [2.05, 4.69) is 25.2 Å². The van der Waals surface area contributed by atoms with Crippen molar-refractivity contribution < 1.29 is 9.53 Å². The van der Waals surface area contributed by atoms with Crippen LogP contribution in [0.2, 0.25) is 0 Å². The monoisotopic (exact) mass is 295 g/mol. The number of carbonyl (C=O) groups excluding carboxylic acids is 1. The quantitative estimate of drug-likeness (QED) is 0.818. The molecule has 0 spiro atoms. The number of ether oxygens (including phenoxy) is 1. The SMILES string of the molecule is CCC1CCC(NCc2ccc(CC(=O)OC)s2)C1C. The van der Waals surface area contributed by atoms with Gasteiger partial charge in [-0.15, -0.1) is 11.3 Å². The normalized spacial score (nSPS) is 25.9. The first kappa shape index (κ1) is 15.5. The van der Waals surface area contributed by atoms with Crippen LogP contribution in [0.3, 0.4) is 0 Å². The van der Waals surface area contributed by atoms with Crippen molar-refractivity contribution in [3.8, 4) is 0 Å². The van der Waals surface area contributed by atoms with E-state index in [1.54, 1.807) is 11.3 Å². The van der Waals surface area contributed by atoms with Crippen LogP contribution in [0.25, 0.3) is 0 Å². The fourth-order valence-electron chi connectivity index (χ4n) is 3.17. The Morgan fingerprint density at radius 2 is 2.15 bits per heavy atom. The van der Waals surface area contributed by atoms with Gasteiger partial charge in [-0.1, -0.05) is 20.3 Å². The minimum atomic E-state index is -0.165. The number of esters is 1.